The van der Waals surface area contributed by atoms with Crippen LogP contribution in [0.5, 0.6) is 0 Å². The third kappa shape index (κ3) is 3.66. The molecule has 0 unspecified atom stereocenters. The van der Waals surface area contributed by atoms with Gasteiger partial charge in [-0.2, -0.15) is 0 Å². The molecule has 1 aromatic heterocycles. The predicted molar refractivity (Wildman–Crippen MR) is 79.7 cm³/mol. The number of rotatable bonds is 4. The summed E-state index contributed by atoms with van der Waals surface area (Å²) in [7, 11) is 0. The fraction of sp³-hybridized carbons (Fsp3) is 0.188. The van der Waals surface area contributed by atoms with Crippen LogP contribution < -0.4 is 5.32 Å². The zero-order valence-corrected chi connectivity index (χ0v) is 11.8. The van der Waals surface area contributed by atoms with Gasteiger partial charge in [-0.05, 0) is 35.7 Å². The molecular formula is C16H16N2O3. The summed E-state index contributed by atoms with van der Waals surface area (Å²) < 4.78 is 0. The van der Waals surface area contributed by atoms with Crippen molar-refractivity contribution >= 4 is 17.6 Å². The Morgan fingerprint density at radius 3 is 2.62 bits per heavy atom. The van der Waals surface area contributed by atoms with Crippen LogP contribution in [0.25, 0.3) is 0 Å². The molecule has 0 saturated carbocycles. The Hall–Kier alpha value is -2.69. The molecule has 5 heteroatoms. The summed E-state index contributed by atoms with van der Waals surface area (Å²) in [6.07, 6.45) is 1.31. The lowest BCUT2D eigenvalue weighted by molar-refractivity contribution is 0.0690. The second kappa shape index (κ2) is 6.17. The summed E-state index contributed by atoms with van der Waals surface area (Å²) in [5.41, 5.74) is 1.91. The van der Waals surface area contributed by atoms with Gasteiger partial charge >= 0.3 is 5.97 Å². The van der Waals surface area contributed by atoms with Crippen molar-refractivity contribution in [3.05, 3.63) is 59.4 Å². The van der Waals surface area contributed by atoms with Gasteiger partial charge in [0.1, 0.15) is 5.69 Å². The van der Waals surface area contributed by atoms with Gasteiger partial charge in [0, 0.05) is 17.4 Å². The second-order valence-corrected chi connectivity index (χ2v) is 4.97. The Morgan fingerprint density at radius 2 is 1.95 bits per heavy atom. The van der Waals surface area contributed by atoms with E-state index < -0.39 is 5.97 Å². The van der Waals surface area contributed by atoms with Crippen molar-refractivity contribution in [3.63, 3.8) is 0 Å². The lowest BCUT2D eigenvalue weighted by Crippen LogP contribution is -2.13. The quantitative estimate of drug-likeness (QED) is 0.903. The molecule has 2 rings (SSSR count). The SMILES string of the molecule is CC(C)c1cccc(NC(=O)c2ccnc(C(=O)O)c2)c1. The van der Waals surface area contributed by atoms with Gasteiger partial charge in [-0.25, -0.2) is 9.78 Å². The Bertz CT molecular complexity index is 681. The molecule has 0 saturated heterocycles. The minimum absolute atomic E-state index is 0.154. The minimum Gasteiger partial charge on any atom is -0.477 e. The van der Waals surface area contributed by atoms with Gasteiger partial charge in [-0.15, -0.1) is 0 Å². The van der Waals surface area contributed by atoms with E-state index in [4.69, 9.17) is 5.11 Å². The molecule has 0 bridgehead atoms. The number of benzene rings is 1. The van der Waals surface area contributed by atoms with Crippen LogP contribution in [-0.4, -0.2) is 22.0 Å². The van der Waals surface area contributed by atoms with E-state index in [9.17, 15) is 9.59 Å². The van der Waals surface area contributed by atoms with Crippen LogP contribution in [0.2, 0.25) is 0 Å². The third-order valence-electron chi connectivity index (χ3n) is 3.05. The number of nitrogens with zero attached hydrogens (tertiary/aromatic N) is 1. The lowest BCUT2D eigenvalue weighted by atomic mass is 10.0. The Morgan fingerprint density at radius 1 is 1.19 bits per heavy atom. The molecule has 1 heterocycles. The molecule has 2 aromatic rings. The molecule has 0 aliphatic heterocycles. The maximum absolute atomic E-state index is 12.1. The van der Waals surface area contributed by atoms with E-state index >= 15 is 0 Å². The van der Waals surface area contributed by atoms with Crippen molar-refractivity contribution in [2.75, 3.05) is 5.32 Å². The van der Waals surface area contributed by atoms with Crippen molar-refractivity contribution < 1.29 is 14.7 Å². The number of carboxylic acid groups (broad SMARTS) is 1. The maximum atomic E-state index is 12.1. The summed E-state index contributed by atoms with van der Waals surface area (Å²) in [5.74, 6) is -1.16. The average Bonchev–Trinajstić information content (AvgIpc) is 2.47. The fourth-order valence-corrected chi connectivity index (χ4v) is 1.87. The average molecular weight is 284 g/mol. The standard InChI is InChI=1S/C16H16N2O3/c1-10(2)11-4-3-5-13(8-11)18-15(19)12-6-7-17-14(9-12)16(20)21/h3-10H,1-2H3,(H,18,19)(H,20,21). The van der Waals surface area contributed by atoms with Crippen molar-refractivity contribution in [3.8, 4) is 0 Å². The highest BCUT2D eigenvalue weighted by Crippen LogP contribution is 2.19. The van der Waals surface area contributed by atoms with E-state index in [2.05, 4.69) is 24.1 Å². The number of anilines is 1. The van der Waals surface area contributed by atoms with Gasteiger partial charge in [0.2, 0.25) is 0 Å². The number of carbonyl (C=O) groups excluding carboxylic acids is 1. The highest BCUT2D eigenvalue weighted by molar-refractivity contribution is 6.05. The molecular weight excluding hydrogens is 268 g/mol. The number of pyridine rings is 1. The normalized spacial score (nSPS) is 10.4. The van der Waals surface area contributed by atoms with Gasteiger partial charge in [-0.1, -0.05) is 26.0 Å². The highest BCUT2D eigenvalue weighted by Gasteiger charge is 2.11. The number of amides is 1. The summed E-state index contributed by atoms with van der Waals surface area (Å²) in [5, 5.41) is 11.6. The smallest absolute Gasteiger partial charge is 0.354 e. The monoisotopic (exact) mass is 284 g/mol. The summed E-state index contributed by atoms with van der Waals surface area (Å²) in [4.78, 5) is 26.7. The molecule has 1 amide bonds. The van der Waals surface area contributed by atoms with Gasteiger partial charge in [0.05, 0.1) is 0 Å². The number of aromatic nitrogens is 1. The van der Waals surface area contributed by atoms with Gasteiger partial charge < -0.3 is 10.4 Å². The van der Waals surface area contributed by atoms with Crippen LogP contribution in [-0.2, 0) is 0 Å². The molecule has 0 spiro atoms. The van der Waals surface area contributed by atoms with E-state index in [0.717, 1.165) is 5.56 Å². The molecule has 0 radical (unpaired) electrons. The van der Waals surface area contributed by atoms with E-state index in [1.165, 1.54) is 18.3 Å². The number of carboxylic acids is 1. The molecule has 5 nitrogen and oxygen atoms in total. The first-order valence-electron chi connectivity index (χ1n) is 6.58. The van der Waals surface area contributed by atoms with Crippen LogP contribution >= 0.6 is 0 Å². The number of carbonyl (C=O) groups is 2. The highest BCUT2D eigenvalue weighted by atomic mass is 16.4. The van der Waals surface area contributed by atoms with E-state index in [0.29, 0.717) is 11.6 Å². The molecule has 2 N–H and O–H groups in total. The number of aromatic carboxylic acids is 1. The van der Waals surface area contributed by atoms with Crippen LogP contribution in [0.1, 0.15) is 46.2 Å². The first kappa shape index (κ1) is 14.7. The summed E-state index contributed by atoms with van der Waals surface area (Å²) >= 11 is 0. The minimum atomic E-state index is -1.16. The van der Waals surface area contributed by atoms with Crippen molar-refractivity contribution in [1.82, 2.24) is 4.98 Å². The largest absolute Gasteiger partial charge is 0.477 e. The number of hydrogen-bond acceptors (Lipinski definition) is 3. The Balaban J connectivity index is 2.20. The van der Waals surface area contributed by atoms with Crippen LogP contribution in [0, 0.1) is 0 Å². The van der Waals surface area contributed by atoms with Gasteiger partial charge in [0.25, 0.3) is 5.91 Å². The zero-order chi connectivity index (χ0) is 15.4. The van der Waals surface area contributed by atoms with E-state index in [1.54, 1.807) is 6.07 Å². The first-order chi connectivity index (χ1) is 9.97. The molecule has 1 aromatic carbocycles. The Labute approximate surface area is 122 Å². The van der Waals surface area contributed by atoms with Crippen molar-refractivity contribution in [2.24, 2.45) is 0 Å². The summed E-state index contributed by atoms with van der Waals surface area (Å²) in [6.45, 7) is 4.14. The first-order valence-corrected chi connectivity index (χ1v) is 6.58. The molecule has 0 aliphatic carbocycles. The van der Waals surface area contributed by atoms with Crippen LogP contribution in [0.4, 0.5) is 5.69 Å². The zero-order valence-electron chi connectivity index (χ0n) is 11.8. The van der Waals surface area contributed by atoms with Gasteiger partial charge in [0.15, 0.2) is 0 Å². The number of nitrogens with one attached hydrogen (secondary N) is 1. The predicted octanol–water partition coefficient (Wildman–Crippen LogP) is 3.16. The van der Waals surface area contributed by atoms with Gasteiger partial charge in [-0.3, -0.25) is 4.79 Å². The number of hydrogen-bond donors (Lipinski definition) is 2. The fourth-order valence-electron chi connectivity index (χ4n) is 1.87. The summed E-state index contributed by atoms with van der Waals surface area (Å²) in [6, 6.07) is 10.3. The third-order valence-corrected chi connectivity index (χ3v) is 3.05. The molecule has 0 atom stereocenters. The van der Waals surface area contributed by atoms with E-state index in [1.807, 2.05) is 18.2 Å². The Kier molecular flexibility index (Phi) is 4.33. The maximum Gasteiger partial charge on any atom is 0.354 e. The van der Waals surface area contributed by atoms with Crippen LogP contribution in [0.3, 0.4) is 0 Å². The molecule has 0 aliphatic rings. The lowest BCUT2D eigenvalue weighted by Gasteiger charge is -2.09. The second-order valence-electron chi connectivity index (χ2n) is 4.97. The van der Waals surface area contributed by atoms with E-state index in [-0.39, 0.29) is 17.2 Å². The molecule has 0 fully saturated rings. The topological polar surface area (TPSA) is 79.3 Å². The molecule has 21 heavy (non-hydrogen) atoms. The van der Waals surface area contributed by atoms with Crippen LogP contribution in [0.15, 0.2) is 42.6 Å². The molecule has 108 valence electrons. The van der Waals surface area contributed by atoms with Crippen molar-refractivity contribution in [1.29, 1.82) is 0 Å². The van der Waals surface area contributed by atoms with Crippen molar-refractivity contribution in [2.45, 2.75) is 19.8 Å².